The maximum Gasteiger partial charge on any atom is 0.337 e. The number of allylic oxidation sites excluding steroid dienone is 1. The Bertz CT molecular complexity index is 888. The Kier molecular flexibility index (Phi) is 4.06. The molecule has 4 heteroatoms. The number of benzene rings is 2. The predicted molar refractivity (Wildman–Crippen MR) is 89.4 cm³/mol. The first kappa shape index (κ1) is 14.8. The number of carbonyl (C=O) groups excluding carboxylic acids is 2. The summed E-state index contributed by atoms with van der Waals surface area (Å²) in [6.45, 7) is 0. The second kappa shape index (κ2) is 6.32. The Balaban J connectivity index is 1.79. The molecule has 23 heavy (non-hydrogen) atoms. The largest absolute Gasteiger partial charge is 0.465 e. The van der Waals surface area contributed by atoms with E-state index in [0.717, 1.165) is 16.5 Å². The third-order valence-electron chi connectivity index (χ3n) is 3.61. The number of ether oxygens (including phenoxy) is 1. The van der Waals surface area contributed by atoms with Crippen LogP contribution in [-0.2, 0) is 4.74 Å². The number of nitrogens with one attached hydrogen (secondary N) is 1. The van der Waals surface area contributed by atoms with E-state index in [-0.39, 0.29) is 11.8 Å². The molecule has 3 aromatic rings. The van der Waals surface area contributed by atoms with E-state index in [0.29, 0.717) is 11.1 Å². The van der Waals surface area contributed by atoms with Gasteiger partial charge < -0.3 is 9.72 Å². The summed E-state index contributed by atoms with van der Waals surface area (Å²) < 4.78 is 4.65. The van der Waals surface area contributed by atoms with E-state index in [1.165, 1.54) is 13.2 Å². The Hall–Kier alpha value is -3.14. The third-order valence-corrected chi connectivity index (χ3v) is 3.61. The van der Waals surface area contributed by atoms with Gasteiger partial charge in [-0.15, -0.1) is 0 Å². The summed E-state index contributed by atoms with van der Waals surface area (Å²) in [5.74, 6) is -0.449. The van der Waals surface area contributed by atoms with Crippen LogP contribution in [0.5, 0.6) is 0 Å². The van der Waals surface area contributed by atoms with E-state index < -0.39 is 0 Å². The van der Waals surface area contributed by atoms with Crippen molar-refractivity contribution >= 4 is 28.7 Å². The van der Waals surface area contributed by atoms with Gasteiger partial charge in [0.1, 0.15) is 0 Å². The molecule has 0 radical (unpaired) electrons. The standard InChI is InChI=1S/C19H15NO3/c1-23-19(22)14-9-6-13(7-10-14)8-11-18(21)16-12-20-17-5-3-2-4-15(16)17/h2-12,20H,1H3/b11-8+. The zero-order valence-electron chi connectivity index (χ0n) is 12.6. The van der Waals surface area contributed by atoms with E-state index in [9.17, 15) is 9.59 Å². The maximum atomic E-state index is 12.3. The second-order valence-electron chi connectivity index (χ2n) is 5.06. The van der Waals surface area contributed by atoms with Gasteiger partial charge in [0.05, 0.1) is 12.7 Å². The van der Waals surface area contributed by atoms with Crippen LogP contribution in [0.15, 0.2) is 60.8 Å². The summed E-state index contributed by atoms with van der Waals surface area (Å²) in [7, 11) is 1.34. The van der Waals surface area contributed by atoms with Crippen LogP contribution in [0, 0.1) is 0 Å². The molecule has 0 aliphatic carbocycles. The van der Waals surface area contributed by atoms with Crippen LogP contribution in [0.2, 0.25) is 0 Å². The molecule has 1 N–H and O–H groups in total. The number of H-pyrrole nitrogens is 1. The zero-order valence-corrected chi connectivity index (χ0v) is 12.6. The zero-order chi connectivity index (χ0) is 16.2. The quantitative estimate of drug-likeness (QED) is 0.452. The highest BCUT2D eigenvalue weighted by Gasteiger charge is 2.08. The highest BCUT2D eigenvalue weighted by Crippen LogP contribution is 2.19. The van der Waals surface area contributed by atoms with Gasteiger partial charge in [-0.25, -0.2) is 4.79 Å². The molecule has 1 heterocycles. The average molecular weight is 305 g/mol. The Labute approximate surface area is 133 Å². The fourth-order valence-electron chi connectivity index (χ4n) is 2.39. The van der Waals surface area contributed by atoms with E-state index in [1.807, 2.05) is 24.3 Å². The van der Waals surface area contributed by atoms with Crippen molar-refractivity contribution in [3.8, 4) is 0 Å². The Morgan fingerprint density at radius 2 is 1.78 bits per heavy atom. The van der Waals surface area contributed by atoms with Crippen molar-refractivity contribution in [2.75, 3.05) is 7.11 Å². The van der Waals surface area contributed by atoms with Crippen LogP contribution >= 0.6 is 0 Å². The first-order valence-corrected chi connectivity index (χ1v) is 7.16. The molecule has 0 aliphatic heterocycles. The molecule has 2 aromatic carbocycles. The fraction of sp³-hybridized carbons (Fsp3) is 0.0526. The minimum Gasteiger partial charge on any atom is -0.465 e. The number of aromatic amines is 1. The van der Waals surface area contributed by atoms with Gasteiger partial charge in [-0.2, -0.15) is 0 Å². The van der Waals surface area contributed by atoms with E-state index in [2.05, 4.69) is 9.72 Å². The lowest BCUT2D eigenvalue weighted by molar-refractivity contribution is 0.0600. The summed E-state index contributed by atoms with van der Waals surface area (Å²) in [4.78, 5) is 26.8. The van der Waals surface area contributed by atoms with E-state index >= 15 is 0 Å². The second-order valence-corrected chi connectivity index (χ2v) is 5.06. The van der Waals surface area contributed by atoms with Gasteiger partial charge in [0, 0.05) is 22.7 Å². The molecule has 0 saturated carbocycles. The molecule has 4 nitrogen and oxygen atoms in total. The highest BCUT2D eigenvalue weighted by atomic mass is 16.5. The summed E-state index contributed by atoms with van der Waals surface area (Å²) in [5.41, 5.74) is 2.90. The first-order chi connectivity index (χ1) is 11.2. The Morgan fingerprint density at radius 3 is 2.52 bits per heavy atom. The molecule has 0 amide bonds. The molecule has 0 saturated heterocycles. The van der Waals surface area contributed by atoms with Crippen molar-refractivity contribution < 1.29 is 14.3 Å². The van der Waals surface area contributed by atoms with E-state index in [4.69, 9.17) is 0 Å². The highest BCUT2D eigenvalue weighted by molar-refractivity contribution is 6.14. The lowest BCUT2D eigenvalue weighted by Crippen LogP contribution is -2.00. The molecule has 0 atom stereocenters. The summed E-state index contributed by atoms with van der Waals surface area (Å²) in [6, 6.07) is 14.5. The molecular formula is C19H15NO3. The number of esters is 1. The number of methoxy groups -OCH3 is 1. The van der Waals surface area contributed by atoms with Crippen molar-refractivity contribution in [1.82, 2.24) is 4.98 Å². The van der Waals surface area contributed by atoms with E-state index in [1.54, 1.807) is 36.5 Å². The van der Waals surface area contributed by atoms with Crippen molar-refractivity contribution in [3.05, 3.63) is 77.5 Å². The number of ketones is 1. The van der Waals surface area contributed by atoms with Crippen LogP contribution in [-0.4, -0.2) is 23.8 Å². The molecule has 0 bridgehead atoms. The van der Waals surface area contributed by atoms with Gasteiger partial charge in [-0.3, -0.25) is 4.79 Å². The smallest absolute Gasteiger partial charge is 0.337 e. The topological polar surface area (TPSA) is 59.2 Å². The molecule has 3 rings (SSSR count). The van der Waals surface area contributed by atoms with Crippen LogP contribution in [0.4, 0.5) is 0 Å². The normalized spacial score (nSPS) is 11.0. The number of para-hydroxylation sites is 1. The molecule has 1 aromatic heterocycles. The van der Waals surface area contributed by atoms with Crippen molar-refractivity contribution in [2.45, 2.75) is 0 Å². The van der Waals surface area contributed by atoms with Crippen molar-refractivity contribution in [2.24, 2.45) is 0 Å². The molecule has 0 unspecified atom stereocenters. The molecular weight excluding hydrogens is 290 g/mol. The molecule has 0 fully saturated rings. The molecule has 114 valence electrons. The van der Waals surface area contributed by atoms with Crippen LogP contribution in [0.3, 0.4) is 0 Å². The average Bonchev–Trinajstić information content (AvgIpc) is 3.03. The molecule has 0 spiro atoms. The summed E-state index contributed by atoms with van der Waals surface area (Å²) in [5, 5.41) is 0.906. The van der Waals surface area contributed by atoms with Crippen molar-refractivity contribution in [3.63, 3.8) is 0 Å². The first-order valence-electron chi connectivity index (χ1n) is 7.16. The number of carbonyl (C=O) groups is 2. The number of aromatic nitrogens is 1. The minimum absolute atomic E-state index is 0.0699. The minimum atomic E-state index is -0.379. The SMILES string of the molecule is COC(=O)c1ccc(/C=C/C(=O)c2c[nH]c3ccccc23)cc1. The number of rotatable bonds is 4. The monoisotopic (exact) mass is 305 g/mol. The fourth-order valence-corrected chi connectivity index (χ4v) is 2.39. The van der Waals surface area contributed by atoms with Gasteiger partial charge in [0.15, 0.2) is 5.78 Å². The van der Waals surface area contributed by atoms with Crippen LogP contribution < -0.4 is 0 Å². The van der Waals surface area contributed by atoms with Gasteiger partial charge in [0.2, 0.25) is 0 Å². The Morgan fingerprint density at radius 1 is 1.04 bits per heavy atom. The lowest BCUT2D eigenvalue weighted by atomic mass is 10.1. The maximum absolute atomic E-state index is 12.3. The van der Waals surface area contributed by atoms with Gasteiger partial charge in [-0.05, 0) is 29.8 Å². The van der Waals surface area contributed by atoms with Gasteiger partial charge >= 0.3 is 5.97 Å². The third kappa shape index (κ3) is 3.06. The number of hydrogen-bond acceptors (Lipinski definition) is 3. The number of fused-ring (bicyclic) bond motifs is 1. The number of hydrogen-bond donors (Lipinski definition) is 1. The molecule has 0 aliphatic rings. The lowest BCUT2D eigenvalue weighted by Gasteiger charge is -1.99. The summed E-state index contributed by atoms with van der Waals surface area (Å²) >= 11 is 0. The predicted octanol–water partition coefficient (Wildman–Crippen LogP) is 3.85. The van der Waals surface area contributed by atoms with Crippen LogP contribution in [0.1, 0.15) is 26.3 Å². The van der Waals surface area contributed by atoms with Gasteiger partial charge in [0.25, 0.3) is 0 Å². The van der Waals surface area contributed by atoms with Crippen molar-refractivity contribution in [1.29, 1.82) is 0 Å². The van der Waals surface area contributed by atoms with Gasteiger partial charge in [-0.1, -0.05) is 36.4 Å². The summed E-state index contributed by atoms with van der Waals surface area (Å²) in [6.07, 6.45) is 4.98. The van der Waals surface area contributed by atoms with Crippen LogP contribution in [0.25, 0.3) is 17.0 Å².